The van der Waals surface area contributed by atoms with E-state index in [1.807, 2.05) is 13.0 Å². The summed E-state index contributed by atoms with van der Waals surface area (Å²) in [6.07, 6.45) is -3.02. The quantitative estimate of drug-likeness (QED) is 0.486. The van der Waals surface area contributed by atoms with Crippen LogP contribution in [0.25, 0.3) is 0 Å². The van der Waals surface area contributed by atoms with E-state index < -0.39 is 30.0 Å². The SMILES string of the molecule is C[C@H](C(=O)O)[C@@H](O)c1ccc2c(c1)OC1(CC2)CCN([C@H](C)c2cc(Cl)ccc2OC(F)(F)F)CC1. The molecule has 2 aliphatic heterocycles. The number of aliphatic hydroxyl groups excluding tert-OH is 1. The molecule has 0 bridgehead atoms. The molecule has 2 N–H and O–H groups in total. The minimum absolute atomic E-state index is 0.260. The van der Waals surface area contributed by atoms with Gasteiger partial charge in [-0.3, -0.25) is 9.69 Å². The molecule has 0 aliphatic carbocycles. The van der Waals surface area contributed by atoms with Crippen molar-refractivity contribution in [2.75, 3.05) is 13.1 Å². The molecule has 3 atom stereocenters. The standard InChI is InChI=1S/C26H29ClF3NO5/c1-15(24(33)34)23(32)18-4-3-17-7-8-25(35-22(17)13-18)9-11-31(12-10-25)16(2)20-14-19(27)5-6-21(20)36-26(28,29)30/h3-6,13-16,23,32H,7-12H2,1-2H3,(H,33,34)/t15-,16+,23+/m0/s1. The zero-order valence-corrected chi connectivity index (χ0v) is 20.8. The number of ether oxygens (including phenoxy) is 2. The third-order valence-electron chi connectivity index (χ3n) is 7.38. The van der Waals surface area contributed by atoms with E-state index in [4.69, 9.17) is 16.3 Å². The molecule has 0 radical (unpaired) electrons. The number of aliphatic hydroxyl groups is 1. The Morgan fingerprint density at radius 1 is 1.14 bits per heavy atom. The van der Waals surface area contributed by atoms with Gasteiger partial charge in [-0.25, -0.2) is 0 Å². The number of nitrogens with zero attached hydrogens (tertiary/aromatic N) is 1. The third kappa shape index (κ3) is 5.74. The molecule has 10 heteroatoms. The summed E-state index contributed by atoms with van der Waals surface area (Å²) in [7, 11) is 0. The second kappa shape index (κ2) is 10.1. The molecule has 1 saturated heterocycles. The lowest BCUT2D eigenvalue weighted by atomic mass is 9.82. The van der Waals surface area contributed by atoms with Gasteiger partial charge in [-0.1, -0.05) is 23.7 Å². The van der Waals surface area contributed by atoms with Crippen LogP contribution in [0.5, 0.6) is 11.5 Å². The molecule has 1 spiro atoms. The van der Waals surface area contributed by atoms with Gasteiger partial charge in [-0.15, -0.1) is 13.2 Å². The lowest BCUT2D eigenvalue weighted by Gasteiger charge is -2.46. The summed E-state index contributed by atoms with van der Waals surface area (Å²) in [5.41, 5.74) is 1.44. The fraction of sp³-hybridized carbons (Fsp3) is 0.500. The Kier molecular flexibility index (Phi) is 7.46. The molecule has 196 valence electrons. The number of hydrogen-bond acceptors (Lipinski definition) is 5. The second-order valence-electron chi connectivity index (χ2n) is 9.67. The van der Waals surface area contributed by atoms with E-state index >= 15 is 0 Å². The molecule has 2 aromatic rings. The van der Waals surface area contributed by atoms with Crippen LogP contribution >= 0.6 is 11.6 Å². The highest BCUT2D eigenvalue weighted by Crippen LogP contribution is 2.43. The molecule has 2 aromatic carbocycles. The molecule has 0 saturated carbocycles. The number of piperidine rings is 1. The summed E-state index contributed by atoms with van der Waals surface area (Å²) in [6.45, 7) is 4.50. The van der Waals surface area contributed by atoms with Crippen LogP contribution < -0.4 is 9.47 Å². The maximum Gasteiger partial charge on any atom is 0.573 e. The van der Waals surface area contributed by atoms with Crippen molar-refractivity contribution in [3.05, 3.63) is 58.1 Å². The number of halogens is 4. The number of benzene rings is 2. The van der Waals surface area contributed by atoms with Gasteiger partial charge >= 0.3 is 12.3 Å². The Labute approximate surface area is 212 Å². The van der Waals surface area contributed by atoms with Crippen molar-refractivity contribution in [3.63, 3.8) is 0 Å². The van der Waals surface area contributed by atoms with Crippen molar-refractivity contribution in [2.24, 2.45) is 5.92 Å². The molecular weight excluding hydrogens is 499 g/mol. The van der Waals surface area contributed by atoms with Crippen molar-refractivity contribution in [2.45, 2.75) is 63.6 Å². The van der Waals surface area contributed by atoms with Gasteiger partial charge in [0.25, 0.3) is 0 Å². The summed E-state index contributed by atoms with van der Waals surface area (Å²) in [4.78, 5) is 13.4. The number of fused-ring (bicyclic) bond motifs is 1. The second-order valence-corrected chi connectivity index (χ2v) is 10.1. The zero-order chi connectivity index (χ0) is 26.3. The van der Waals surface area contributed by atoms with Gasteiger partial charge in [0.05, 0.1) is 12.0 Å². The van der Waals surface area contributed by atoms with Crippen molar-refractivity contribution in [1.29, 1.82) is 0 Å². The Hall–Kier alpha value is -2.49. The van der Waals surface area contributed by atoms with Gasteiger partial charge in [-0.2, -0.15) is 0 Å². The first kappa shape index (κ1) is 26.6. The number of aryl methyl sites for hydroxylation is 1. The van der Waals surface area contributed by atoms with Crippen LogP contribution in [0, 0.1) is 5.92 Å². The van der Waals surface area contributed by atoms with E-state index in [1.54, 1.807) is 12.1 Å². The summed E-state index contributed by atoms with van der Waals surface area (Å²) in [5, 5.41) is 20.0. The number of rotatable bonds is 6. The molecule has 0 aromatic heterocycles. The minimum atomic E-state index is -4.80. The van der Waals surface area contributed by atoms with Gasteiger partial charge in [0.1, 0.15) is 17.1 Å². The van der Waals surface area contributed by atoms with E-state index in [0.717, 1.165) is 18.4 Å². The van der Waals surface area contributed by atoms with Crippen molar-refractivity contribution in [3.8, 4) is 11.5 Å². The number of hydrogen-bond donors (Lipinski definition) is 2. The molecule has 0 amide bonds. The first-order valence-corrected chi connectivity index (χ1v) is 12.3. The van der Waals surface area contributed by atoms with Crippen LogP contribution in [0.1, 0.15) is 61.9 Å². The van der Waals surface area contributed by atoms with E-state index in [9.17, 15) is 28.2 Å². The highest BCUT2D eigenvalue weighted by atomic mass is 35.5. The van der Waals surface area contributed by atoms with Gasteiger partial charge in [-0.05, 0) is 74.9 Å². The normalized spacial score (nSPS) is 20.2. The van der Waals surface area contributed by atoms with Crippen molar-refractivity contribution in [1.82, 2.24) is 4.90 Å². The highest BCUT2D eigenvalue weighted by Gasteiger charge is 2.41. The molecule has 36 heavy (non-hydrogen) atoms. The molecule has 4 rings (SSSR count). The topological polar surface area (TPSA) is 79.2 Å². The van der Waals surface area contributed by atoms with E-state index in [2.05, 4.69) is 9.64 Å². The summed E-state index contributed by atoms with van der Waals surface area (Å²) < 4.78 is 49.5. The fourth-order valence-corrected chi connectivity index (χ4v) is 5.24. The number of likely N-dealkylation sites (tertiary alicyclic amines) is 1. The maximum absolute atomic E-state index is 12.9. The minimum Gasteiger partial charge on any atom is -0.487 e. The van der Waals surface area contributed by atoms with Crippen LogP contribution in [0.15, 0.2) is 36.4 Å². The number of carboxylic acid groups (broad SMARTS) is 1. The molecule has 0 unspecified atom stereocenters. The fourth-order valence-electron chi connectivity index (χ4n) is 5.06. The Morgan fingerprint density at radius 2 is 1.83 bits per heavy atom. The van der Waals surface area contributed by atoms with Crippen molar-refractivity contribution < 1.29 is 37.7 Å². The smallest absolute Gasteiger partial charge is 0.487 e. The van der Waals surface area contributed by atoms with Crippen LogP contribution in [0.2, 0.25) is 5.02 Å². The lowest BCUT2D eigenvalue weighted by Crippen LogP contribution is -2.50. The van der Waals surface area contributed by atoms with Gasteiger partial charge in [0.15, 0.2) is 0 Å². The number of aliphatic carboxylic acids is 1. The Bertz CT molecular complexity index is 1120. The monoisotopic (exact) mass is 527 g/mol. The number of carbonyl (C=O) groups is 1. The van der Waals surface area contributed by atoms with Gasteiger partial charge in [0, 0.05) is 29.7 Å². The zero-order valence-electron chi connectivity index (χ0n) is 20.0. The summed E-state index contributed by atoms with van der Waals surface area (Å²) in [5.74, 6) is -1.65. The average molecular weight is 528 g/mol. The summed E-state index contributed by atoms with van der Waals surface area (Å²) in [6, 6.07) is 9.10. The predicted molar refractivity (Wildman–Crippen MR) is 127 cm³/mol. The van der Waals surface area contributed by atoms with Crippen LogP contribution in [0.4, 0.5) is 13.2 Å². The van der Waals surface area contributed by atoms with Crippen LogP contribution in [-0.4, -0.2) is 46.1 Å². The van der Waals surface area contributed by atoms with Crippen LogP contribution in [-0.2, 0) is 11.2 Å². The largest absolute Gasteiger partial charge is 0.573 e. The van der Waals surface area contributed by atoms with Gasteiger partial charge in [0.2, 0.25) is 0 Å². The first-order valence-electron chi connectivity index (χ1n) is 11.9. The van der Waals surface area contributed by atoms with E-state index in [1.165, 1.54) is 25.1 Å². The van der Waals surface area contributed by atoms with Crippen LogP contribution in [0.3, 0.4) is 0 Å². The Balaban J connectivity index is 1.47. The van der Waals surface area contributed by atoms with E-state index in [0.29, 0.717) is 47.8 Å². The third-order valence-corrected chi connectivity index (χ3v) is 7.61. The molecule has 2 heterocycles. The summed E-state index contributed by atoms with van der Waals surface area (Å²) >= 11 is 6.08. The average Bonchev–Trinajstić information content (AvgIpc) is 2.83. The number of carboxylic acids is 1. The van der Waals surface area contributed by atoms with Crippen molar-refractivity contribution >= 4 is 17.6 Å². The molecule has 6 nitrogen and oxygen atoms in total. The first-order chi connectivity index (χ1) is 16.9. The Morgan fingerprint density at radius 3 is 2.47 bits per heavy atom. The highest BCUT2D eigenvalue weighted by molar-refractivity contribution is 6.30. The molecule has 1 fully saturated rings. The molecule has 2 aliphatic rings. The predicted octanol–water partition coefficient (Wildman–Crippen LogP) is 5.91. The molecular formula is C26H29ClF3NO5. The van der Waals surface area contributed by atoms with E-state index in [-0.39, 0.29) is 11.8 Å². The maximum atomic E-state index is 12.9. The van der Waals surface area contributed by atoms with Gasteiger partial charge < -0.3 is 19.7 Å². The lowest BCUT2D eigenvalue weighted by molar-refractivity contribution is -0.275. The number of alkyl halides is 3.